The lowest BCUT2D eigenvalue weighted by atomic mass is 9.87. The minimum absolute atomic E-state index is 0.413. The molecule has 0 saturated heterocycles. The van der Waals surface area contributed by atoms with E-state index in [1.165, 1.54) is 0 Å². The Bertz CT molecular complexity index is 1330. The summed E-state index contributed by atoms with van der Waals surface area (Å²) in [6.07, 6.45) is 9.47. The van der Waals surface area contributed by atoms with E-state index in [9.17, 15) is 5.11 Å². The van der Waals surface area contributed by atoms with Crippen molar-refractivity contribution in [3.8, 4) is 11.1 Å². The van der Waals surface area contributed by atoms with Gasteiger partial charge in [0.25, 0.3) is 0 Å². The molecule has 0 saturated carbocycles. The number of hydrogen-bond donors (Lipinski definition) is 2. The van der Waals surface area contributed by atoms with Gasteiger partial charge in [0.1, 0.15) is 11.2 Å². The number of aliphatic imine (C=N–C) groups is 1. The van der Waals surface area contributed by atoms with Gasteiger partial charge in [-0.1, -0.05) is 29.8 Å². The second-order valence-corrected chi connectivity index (χ2v) is 8.06. The quantitative estimate of drug-likeness (QED) is 0.521. The minimum Gasteiger partial charge on any atom is -0.381 e. The molecule has 4 heterocycles. The van der Waals surface area contributed by atoms with Crippen molar-refractivity contribution in [2.75, 3.05) is 6.54 Å². The maximum atomic E-state index is 11.2. The van der Waals surface area contributed by atoms with Crippen LogP contribution in [-0.2, 0) is 12.6 Å². The number of aryl methyl sites for hydroxylation is 1. The summed E-state index contributed by atoms with van der Waals surface area (Å²) < 4.78 is 1.77. The third kappa shape index (κ3) is 3.05. The van der Waals surface area contributed by atoms with Crippen molar-refractivity contribution in [3.05, 3.63) is 82.9 Å². The highest BCUT2D eigenvalue weighted by molar-refractivity contribution is 6.31. The Hall–Kier alpha value is -3.22. The molecule has 150 valence electrons. The van der Waals surface area contributed by atoms with Crippen LogP contribution in [0.1, 0.15) is 18.1 Å². The van der Waals surface area contributed by atoms with Crippen molar-refractivity contribution < 1.29 is 5.11 Å². The molecule has 2 N–H and O–H groups in total. The third-order valence-corrected chi connectivity index (χ3v) is 5.93. The van der Waals surface area contributed by atoms with E-state index < -0.39 is 5.60 Å². The first-order valence-corrected chi connectivity index (χ1v) is 10.0. The van der Waals surface area contributed by atoms with Crippen molar-refractivity contribution in [1.82, 2.24) is 19.7 Å². The van der Waals surface area contributed by atoms with Gasteiger partial charge in [0, 0.05) is 58.3 Å². The van der Waals surface area contributed by atoms with Crippen LogP contribution in [0.4, 0.5) is 0 Å². The monoisotopic (exact) mass is 417 g/mol. The molecule has 0 aliphatic carbocycles. The summed E-state index contributed by atoms with van der Waals surface area (Å²) >= 11 is 6.33. The summed E-state index contributed by atoms with van der Waals surface area (Å²) in [4.78, 5) is 12.5. The molecule has 1 aliphatic heterocycles. The average molecular weight is 418 g/mol. The van der Waals surface area contributed by atoms with Crippen LogP contribution in [0.3, 0.4) is 0 Å². The second kappa shape index (κ2) is 6.93. The summed E-state index contributed by atoms with van der Waals surface area (Å²) in [7, 11) is 1.89. The van der Waals surface area contributed by atoms with E-state index in [4.69, 9.17) is 16.6 Å². The number of hydrogen-bond acceptors (Lipinski definition) is 4. The van der Waals surface area contributed by atoms with Crippen LogP contribution in [0.2, 0.25) is 5.02 Å². The average Bonchev–Trinajstić information content (AvgIpc) is 3.46. The van der Waals surface area contributed by atoms with Gasteiger partial charge in [-0.25, -0.2) is 4.98 Å². The number of halogens is 1. The van der Waals surface area contributed by atoms with E-state index in [1.807, 2.05) is 56.1 Å². The Morgan fingerprint density at radius 2 is 2.03 bits per heavy atom. The van der Waals surface area contributed by atoms with Crippen LogP contribution in [0.25, 0.3) is 22.2 Å². The topological polar surface area (TPSA) is 79.1 Å². The highest BCUT2D eigenvalue weighted by Crippen LogP contribution is 2.36. The molecule has 7 heteroatoms. The molecule has 0 bridgehead atoms. The standard InChI is InChI=1S/C23H20ClN5O/c1-23(30,19-5-3-4-6-20(19)24)16-8-21(25-11-16)18-12-27-22-17(18)7-14(9-26-22)15-10-28-29(2)13-15/h3-10,12-13,30H,11H2,1-2H3,(H,26,27). The van der Waals surface area contributed by atoms with Crippen LogP contribution in [0.5, 0.6) is 0 Å². The van der Waals surface area contributed by atoms with Crippen LogP contribution in [0.15, 0.2) is 71.8 Å². The Kier molecular flexibility index (Phi) is 4.34. The van der Waals surface area contributed by atoms with Crippen LogP contribution in [0, 0.1) is 0 Å². The predicted molar refractivity (Wildman–Crippen MR) is 119 cm³/mol. The van der Waals surface area contributed by atoms with Crippen LogP contribution >= 0.6 is 11.6 Å². The lowest BCUT2D eigenvalue weighted by Gasteiger charge is -2.26. The number of aromatic nitrogens is 4. The molecule has 3 aromatic heterocycles. The van der Waals surface area contributed by atoms with Gasteiger partial charge in [-0.15, -0.1) is 0 Å². The van der Waals surface area contributed by atoms with Crippen molar-refractivity contribution in [2.24, 2.45) is 12.0 Å². The zero-order chi connectivity index (χ0) is 20.9. The molecule has 0 spiro atoms. The summed E-state index contributed by atoms with van der Waals surface area (Å²) in [6.45, 7) is 2.17. The van der Waals surface area contributed by atoms with Crippen molar-refractivity contribution >= 4 is 28.3 Å². The first kappa shape index (κ1) is 18.8. The number of pyridine rings is 1. The largest absolute Gasteiger partial charge is 0.381 e. The van der Waals surface area contributed by atoms with Crippen molar-refractivity contribution in [1.29, 1.82) is 0 Å². The smallest absolute Gasteiger partial charge is 0.137 e. The number of nitrogens with zero attached hydrogens (tertiary/aromatic N) is 4. The number of benzene rings is 1. The number of aromatic amines is 1. The Morgan fingerprint density at radius 3 is 2.80 bits per heavy atom. The molecule has 0 amide bonds. The number of nitrogens with one attached hydrogen (secondary N) is 1. The van der Waals surface area contributed by atoms with Gasteiger partial charge >= 0.3 is 0 Å². The molecular formula is C23H20ClN5O. The maximum Gasteiger partial charge on any atom is 0.137 e. The SMILES string of the molecule is Cn1cc(-c2cnc3[nH]cc(C4=NCC(C(C)(O)c5ccccc5Cl)=C4)c3c2)cn1. The number of rotatable bonds is 4. The molecule has 5 rings (SSSR count). The fourth-order valence-corrected chi connectivity index (χ4v) is 4.18. The fraction of sp³-hybridized carbons (Fsp3) is 0.174. The zero-order valence-electron chi connectivity index (χ0n) is 16.6. The normalized spacial score (nSPS) is 15.9. The second-order valence-electron chi connectivity index (χ2n) is 7.65. The molecule has 1 unspecified atom stereocenters. The number of allylic oxidation sites excluding steroid dienone is 1. The first-order chi connectivity index (χ1) is 14.4. The molecule has 0 radical (unpaired) electrons. The number of fused-ring (bicyclic) bond motifs is 1. The summed E-state index contributed by atoms with van der Waals surface area (Å²) in [5.41, 5.74) is 4.83. The lowest BCUT2D eigenvalue weighted by molar-refractivity contribution is 0.0969. The van der Waals surface area contributed by atoms with Gasteiger partial charge in [-0.3, -0.25) is 9.67 Å². The molecule has 30 heavy (non-hydrogen) atoms. The molecule has 0 fully saturated rings. The van der Waals surface area contributed by atoms with E-state index in [2.05, 4.69) is 21.1 Å². The Balaban J connectivity index is 1.53. The van der Waals surface area contributed by atoms with Crippen LogP contribution in [-0.4, -0.2) is 37.1 Å². The molecule has 6 nitrogen and oxygen atoms in total. The van der Waals surface area contributed by atoms with Gasteiger partial charge in [0.15, 0.2) is 0 Å². The Morgan fingerprint density at radius 1 is 1.20 bits per heavy atom. The highest BCUT2D eigenvalue weighted by atomic mass is 35.5. The number of H-pyrrole nitrogens is 1. The van der Waals surface area contributed by atoms with E-state index in [0.29, 0.717) is 17.1 Å². The van der Waals surface area contributed by atoms with E-state index in [0.717, 1.165) is 39.0 Å². The zero-order valence-corrected chi connectivity index (χ0v) is 17.4. The summed E-state index contributed by atoms with van der Waals surface area (Å²) in [6, 6.07) is 9.44. The predicted octanol–water partition coefficient (Wildman–Crippen LogP) is 4.25. The minimum atomic E-state index is -1.20. The van der Waals surface area contributed by atoms with E-state index in [-0.39, 0.29) is 0 Å². The highest BCUT2D eigenvalue weighted by Gasteiger charge is 2.32. The molecular weight excluding hydrogens is 398 g/mol. The third-order valence-electron chi connectivity index (χ3n) is 5.60. The molecule has 1 aliphatic rings. The van der Waals surface area contributed by atoms with Gasteiger partial charge in [-0.2, -0.15) is 5.10 Å². The first-order valence-electron chi connectivity index (χ1n) is 9.63. The van der Waals surface area contributed by atoms with Gasteiger partial charge in [-0.05, 0) is 30.7 Å². The van der Waals surface area contributed by atoms with Crippen molar-refractivity contribution in [2.45, 2.75) is 12.5 Å². The summed E-state index contributed by atoms with van der Waals surface area (Å²) in [5, 5.41) is 17.0. The fourth-order valence-electron chi connectivity index (χ4n) is 3.86. The molecule has 1 aromatic carbocycles. The maximum absolute atomic E-state index is 11.2. The van der Waals surface area contributed by atoms with Gasteiger partial charge in [0.05, 0.1) is 18.5 Å². The number of aliphatic hydroxyl groups is 1. The van der Waals surface area contributed by atoms with Crippen molar-refractivity contribution in [3.63, 3.8) is 0 Å². The summed E-state index contributed by atoms with van der Waals surface area (Å²) in [5.74, 6) is 0. The van der Waals surface area contributed by atoms with E-state index >= 15 is 0 Å². The lowest BCUT2D eigenvalue weighted by Crippen LogP contribution is -2.25. The van der Waals surface area contributed by atoms with E-state index in [1.54, 1.807) is 17.7 Å². The molecule has 4 aromatic rings. The van der Waals surface area contributed by atoms with Gasteiger partial charge < -0.3 is 10.1 Å². The molecule has 1 atom stereocenters. The van der Waals surface area contributed by atoms with Crippen LogP contribution < -0.4 is 0 Å². The van der Waals surface area contributed by atoms with Gasteiger partial charge in [0.2, 0.25) is 0 Å². The Labute approximate surface area is 178 Å².